The molecule has 2 unspecified atom stereocenters. The average Bonchev–Trinajstić information content (AvgIpc) is 2.62. The summed E-state index contributed by atoms with van der Waals surface area (Å²) in [6.07, 6.45) is 26.8. The van der Waals surface area contributed by atoms with Crippen molar-refractivity contribution in [3.8, 4) is 0 Å². The molecule has 0 aromatic rings. The largest absolute Gasteiger partial charge is 0.0885 e. The predicted molar refractivity (Wildman–Crippen MR) is 98.9 cm³/mol. The van der Waals surface area contributed by atoms with Crippen molar-refractivity contribution in [2.45, 2.75) is 77.0 Å². The molecular weight excluding hydrogens is 264 g/mol. The summed E-state index contributed by atoms with van der Waals surface area (Å²) in [7, 11) is 0. The van der Waals surface area contributed by atoms with E-state index in [1.54, 1.807) is 0 Å². The molecule has 0 aromatic carbocycles. The van der Waals surface area contributed by atoms with Gasteiger partial charge in [0.25, 0.3) is 0 Å². The summed E-state index contributed by atoms with van der Waals surface area (Å²) in [5, 5.41) is 0. The van der Waals surface area contributed by atoms with Crippen LogP contribution in [0.15, 0.2) is 48.6 Å². The van der Waals surface area contributed by atoms with Gasteiger partial charge in [-0.2, -0.15) is 0 Å². The predicted octanol–water partition coefficient (Wildman–Crippen LogP) is 7.15. The first-order chi connectivity index (χ1) is 11.7. The van der Waals surface area contributed by atoms with Crippen LogP contribution in [0.4, 0.5) is 0 Å². The van der Waals surface area contributed by atoms with Crippen molar-refractivity contribution in [2.24, 2.45) is 11.8 Å². The molecule has 122 valence electrons. The van der Waals surface area contributed by atoms with Crippen molar-refractivity contribution in [3.05, 3.63) is 48.6 Å². The van der Waals surface area contributed by atoms with Gasteiger partial charge in [-0.15, -0.1) is 0 Å². The summed E-state index contributed by atoms with van der Waals surface area (Å²) in [6, 6.07) is 1.44. The van der Waals surface area contributed by atoms with Crippen LogP contribution in [0.25, 0.3) is 0 Å². The Labute approximate surface area is 140 Å². The smallest absolute Gasteiger partial charge is 0.0573 e. The lowest BCUT2D eigenvalue weighted by molar-refractivity contribution is 0.449. The molecular formula is C22H34. The highest BCUT2D eigenvalue weighted by Gasteiger charge is 2.08. The van der Waals surface area contributed by atoms with E-state index in [4.69, 9.17) is 2.74 Å². The molecule has 2 aliphatic rings. The third-order valence-corrected chi connectivity index (χ3v) is 4.90. The van der Waals surface area contributed by atoms with Crippen molar-refractivity contribution in [3.63, 3.8) is 0 Å². The Kier molecular flexibility index (Phi) is 7.61. The highest BCUT2D eigenvalue weighted by atomic mass is 14.1. The zero-order chi connectivity index (χ0) is 17.0. The Morgan fingerprint density at radius 3 is 1.64 bits per heavy atom. The molecule has 0 heterocycles. The van der Waals surface area contributed by atoms with Gasteiger partial charge in [0.1, 0.15) is 0 Å². The molecule has 2 rings (SSSR count). The Hall–Kier alpha value is -1.04. The summed E-state index contributed by atoms with van der Waals surface area (Å²) < 4.78 is 16.1. The summed E-state index contributed by atoms with van der Waals surface area (Å²) in [5.74, 6) is 1.64. The third kappa shape index (κ3) is 7.82. The second-order valence-electron chi connectivity index (χ2n) is 6.77. The van der Waals surface area contributed by atoms with E-state index in [0.717, 1.165) is 49.6 Å². The van der Waals surface area contributed by atoms with E-state index in [1.165, 1.54) is 51.4 Å². The molecule has 0 aromatic heterocycles. The van der Waals surface area contributed by atoms with Crippen molar-refractivity contribution in [2.75, 3.05) is 0 Å². The van der Waals surface area contributed by atoms with Gasteiger partial charge in [-0.3, -0.25) is 0 Å². The molecule has 2 atom stereocenters. The van der Waals surface area contributed by atoms with Crippen LogP contribution in [0.2, 0.25) is 0 Å². The Morgan fingerprint density at radius 2 is 1.23 bits per heavy atom. The van der Waals surface area contributed by atoms with E-state index in [2.05, 4.69) is 36.5 Å². The van der Waals surface area contributed by atoms with Gasteiger partial charge in [-0.05, 0) is 88.9 Å². The lowest BCUT2D eigenvalue weighted by atomic mass is 9.90. The summed E-state index contributed by atoms with van der Waals surface area (Å²) in [4.78, 5) is 0. The van der Waals surface area contributed by atoms with Crippen LogP contribution in [0.3, 0.4) is 0 Å². The van der Waals surface area contributed by atoms with Crippen LogP contribution in [-0.2, 0) is 0 Å². The molecule has 0 aliphatic heterocycles. The molecule has 0 spiro atoms. The van der Waals surface area contributed by atoms with Gasteiger partial charge in [0.05, 0.1) is 2.74 Å². The first kappa shape index (κ1) is 14.5. The lowest BCUT2D eigenvalue weighted by Gasteiger charge is -2.16. The molecule has 22 heavy (non-hydrogen) atoms. The second-order valence-corrected chi connectivity index (χ2v) is 6.77. The van der Waals surface area contributed by atoms with E-state index < -0.39 is 0 Å². The van der Waals surface area contributed by atoms with Gasteiger partial charge >= 0.3 is 0 Å². The van der Waals surface area contributed by atoms with E-state index in [0.29, 0.717) is 0 Å². The van der Waals surface area contributed by atoms with Gasteiger partial charge in [-0.25, -0.2) is 0 Å². The Balaban J connectivity index is 1.56. The molecule has 2 aliphatic carbocycles. The van der Waals surface area contributed by atoms with Gasteiger partial charge in [-0.1, -0.05) is 48.6 Å². The van der Waals surface area contributed by atoms with Crippen LogP contribution in [-0.4, -0.2) is 0 Å². The average molecular weight is 301 g/mol. The highest BCUT2D eigenvalue weighted by molar-refractivity contribution is 4.93. The SMILES string of the molecule is [2H]/C(=C/CCC1CC=CCC1)CC/C([2H])=C\CCC1CC=CCC1. The number of allylic oxidation sites excluding steroid dienone is 8. The van der Waals surface area contributed by atoms with Crippen LogP contribution < -0.4 is 0 Å². The minimum atomic E-state index is 0.719. The highest BCUT2D eigenvalue weighted by Crippen LogP contribution is 2.23. The first-order valence-electron chi connectivity index (χ1n) is 10.4. The number of hydrogen-bond donors (Lipinski definition) is 0. The van der Waals surface area contributed by atoms with E-state index in [1.807, 2.05) is 0 Å². The topological polar surface area (TPSA) is 0 Å². The molecule has 0 nitrogen and oxygen atoms in total. The fourth-order valence-electron chi connectivity index (χ4n) is 3.43. The summed E-state index contributed by atoms with van der Waals surface area (Å²) >= 11 is 0. The summed E-state index contributed by atoms with van der Waals surface area (Å²) in [6.45, 7) is 0. The molecule has 0 heteroatoms. The van der Waals surface area contributed by atoms with E-state index >= 15 is 0 Å². The van der Waals surface area contributed by atoms with Crippen LogP contribution in [0.5, 0.6) is 0 Å². The summed E-state index contributed by atoms with van der Waals surface area (Å²) in [5.41, 5.74) is 0. The van der Waals surface area contributed by atoms with Crippen LogP contribution in [0.1, 0.15) is 79.8 Å². The van der Waals surface area contributed by atoms with E-state index in [-0.39, 0.29) is 0 Å². The Bertz CT molecular complexity index is 426. The minimum absolute atomic E-state index is 0.719. The Morgan fingerprint density at radius 1 is 0.727 bits per heavy atom. The fraction of sp³-hybridized carbons (Fsp3) is 0.636. The van der Waals surface area contributed by atoms with E-state index in [9.17, 15) is 0 Å². The minimum Gasteiger partial charge on any atom is -0.0885 e. The van der Waals surface area contributed by atoms with Crippen LogP contribution in [0, 0.1) is 11.8 Å². The maximum atomic E-state index is 8.05. The van der Waals surface area contributed by atoms with Gasteiger partial charge in [0, 0.05) is 0 Å². The van der Waals surface area contributed by atoms with Gasteiger partial charge < -0.3 is 0 Å². The standard InChI is InChI=1S/C22H34/c1(3-5-9-15-21-17-11-7-12-18-21)2-4-6-10-16-22-19-13-8-14-20-22/h3-8,11,13,21-22H,1-2,9-10,12,14-20H2/b5-3-,6-4-/i3D,4D. The molecule has 0 N–H and O–H groups in total. The lowest BCUT2D eigenvalue weighted by Crippen LogP contribution is -2.01. The molecule has 0 amide bonds. The molecule has 0 saturated heterocycles. The van der Waals surface area contributed by atoms with Crippen molar-refractivity contribution in [1.82, 2.24) is 0 Å². The monoisotopic (exact) mass is 300 g/mol. The first-order valence-corrected chi connectivity index (χ1v) is 9.35. The van der Waals surface area contributed by atoms with Crippen LogP contribution >= 0.6 is 0 Å². The molecule has 0 fully saturated rings. The quantitative estimate of drug-likeness (QED) is 0.396. The van der Waals surface area contributed by atoms with Gasteiger partial charge in [0.2, 0.25) is 0 Å². The maximum Gasteiger partial charge on any atom is 0.0573 e. The zero-order valence-corrected chi connectivity index (χ0v) is 14.1. The number of hydrogen-bond acceptors (Lipinski definition) is 0. The number of rotatable bonds is 9. The fourth-order valence-corrected chi connectivity index (χ4v) is 3.43. The maximum absolute atomic E-state index is 8.05. The van der Waals surface area contributed by atoms with Crippen molar-refractivity contribution in [1.29, 1.82) is 0 Å². The second kappa shape index (κ2) is 11.5. The van der Waals surface area contributed by atoms with Crippen molar-refractivity contribution < 1.29 is 2.74 Å². The molecule has 0 saturated carbocycles. The van der Waals surface area contributed by atoms with Crippen molar-refractivity contribution >= 4 is 0 Å². The van der Waals surface area contributed by atoms with Gasteiger partial charge in [0.15, 0.2) is 0 Å². The molecule has 0 bridgehead atoms. The normalized spacial score (nSPS) is 27.6. The third-order valence-electron chi connectivity index (χ3n) is 4.90. The molecule has 0 radical (unpaired) electrons. The zero-order valence-electron chi connectivity index (χ0n) is 16.1.